The number of carbonyl (C=O) groups is 2. The van der Waals surface area contributed by atoms with Gasteiger partial charge in [-0.15, -0.1) is 11.8 Å². The fourth-order valence-electron chi connectivity index (χ4n) is 2.60. The van der Waals surface area contributed by atoms with Gasteiger partial charge in [0.2, 0.25) is 5.91 Å². The normalized spacial score (nSPS) is 31.9. The number of allylic oxidation sites excluding steroid dienone is 1. The van der Waals surface area contributed by atoms with Gasteiger partial charge in [-0.25, -0.2) is 4.79 Å². The predicted molar refractivity (Wildman–Crippen MR) is 79.1 cm³/mol. The summed E-state index contributed by atoms with van der Waals surface area (Å²) < 4.78 is 5.18. The molecular weight excluding hydrogens is 276 g/mol. The molecule has 0 aromatic rings. The zero-order valence-electron chi connectivity index (χ0n) is 12.1. The number of amides is 2. The van der Waals surface area contributed by atoms with Crippen LogP contribution in [-0.2, 0) is 9.53 Å². The molecule has 1 saturated carbocycles. The van der Waals surface area contributed by atoms with Gasteiger partial charge in [0.15, 0.2) is 0 Å². The lowest BCUT2D eigenvalue weighted by Crippen LogP contribution is -2.41. The number of rotatable bonds is 4. The van der Waals surface area contributed by atoms with Gasteiger partial charge < -0.3 is 15.8 Å². The highest BCUT2D eigenvalue weighted by atomic mass is 32.2. The van der Waals surface area contributed by atoms with Crippen molar-refractivity contribution in [3.8, 4) is 0 Å². The Labute approximate surface area is 123 Å². The molecule has 1 fully saturated rings. The number of alkyl carbamates (subject to hydrolysis) is 1. The van der Waals surface area contributed by atoms with E-state index in [4.69, 9.17) is 10.5 Å². The van der Waals surface area contributed by atoms with Gasteiger partial charge in [-0.2, -0.15) is 0 Å². The Balaban J connectivity index is 1.89. The van der Waals surface area contributed by atoms with E-state index >= 15 is 0 Å². The Morgan fingerprint density at radius 3 is 2.70 bits per heavy atom. The van der Waals surface area contributed by atoms with E-state index in [2.05, 4.69) is 16.8 Å². The quantitative estimate of drug-likeness (QED) is 0.832. The maximum absolute atomic E-state index is 11.7. The zero-order valence-corrected chi connectivity index (χ0v) is 13.0. The molecule has 2 amide bonds. The van der Waals surface area contributed by atoms with Crippen molar-refractivity contribution in [2.45, 2.75) is 44.5 Å². The molecule has 0 spiro atoms. The molecule has 1 aliphatic heterocycles. The first-order valence-electron chi connectivity index (χ1n) is 6.82. The Morgan fingerprint density at radius 2 is 2.20 bits per heavy atom. The monoisotopic (exact) mass is 298 g/mol. The van der Waals surface area contributed by atoms with E-state index in [1.54, 1.807) is 32.5 Å². The van der Waals surface area contributed by atoms with Crippen LogP contribution in [0.15, 0.2) is 11.5 Å². The van der Waals surface area contributed by atoms with Crippen molar-refractivity contribution in [1.29, 1.82) is 0 Å². The second-order valence-corrected chi connectivity index (χ2v) is 7.62. The van der Waals surface area contributed by atoms with Gasteiger partial charge in [-0.05, 0) is 44.9 Å². The van der Waals surface area contributed by atoms with Gasteiger partial charge in [-0.1, -0.05) is 6.08 Å². The molecule has 112 valence electrons. The molecular formula is C14H22N2O3S. The Hall–Kier alpha value is -1.17. The number of thioether (sulfide) groups is 1. The van der Waals surface area contributed by atoms with Gasteiger partial charge >= 0.3 is 6.09 Å². The van der Waals surface area contributed by atoms with E-state index < -0.39 is 17.1 Å². The molecule has 3 N–H and O–H groups in total. The van der Waals surface area contributed by atoms with Crippen LogP contribution in [-0.4, -0.2) is 29.4 Å². The van der Waals surface area contributed by atoms with Crippen LogP contribution in [0.3, 0.4) is 0 Å². The minimum atomic E-state index is -0.597. The van der Waals surface area contributed by atoms with Gasteiger partial charge in [0.05, 0.1) is 5.41 Å². The van der Waals surface area contributed by atoms with Crippen molar-refractivity contribution >= 4 is 23.8 Å². The van der Waals surface area contributed by atoms with Crippen LogP contribution in [0.25, 0.3) is 0 Å². The summed E-state index contributed by atoms with van der Waals surface area (Å²) in [4.78, 5) is 23.4. The standard InChI is InChI=1S/C14H22N2O3S/c1-13(2,3)19-12(18)16-8-14(11(15)17)7-9(14)10-5-4-6-20-10/h4,6,9-10H,5,7-8H2,1-3H3,(H2,15,17)(H,16,18)/t9?,10?,14-/m1/s1. The highest BCUT2D eigenvalue weighted by molar-refractivity contribution is 8.03. The number of nitrogens with one attached hydrogen (secondary N) is 1. The third kappa shape index (κ3) is 3.29. The van der Waals surface area contributed by atoms with Crippen LogP contribution in [0.4, 0.5) is 4.79 Å². The molecule has 1 aliphatic carbocycles. The third-order valence-corrected chi connectivity index (χ3v) is 4.96. The highest BCUT2D eigenvalue weighted by Gasteiger charge is 2.61. The van der Waals surface area contributed by atoms with Gasteiger partial charge in [0.25, 0.3) is 0 Å². The SMILES string of the molecule is CC(C)(C)OC(=O)NC[C@]1(C(N)=O)CC1C1CC=CS1. The molecule has 2 rings (SSSR count). The number of carbonyl (C=O) groups excluding carboxylic acids is 2. The average Bonchev–Trinajstić information content (AvgIpc) is 2.80. The van der Waals surface area contributed by atoms with Crippen molar-refractivity contribution in [2.75, 3.05) is 6.54 Å². The second-order valence-electron chi connectivity index (χ2n) is 6.47. The fraction of sp³-hybridized carbons (Fsp3) is 0.714. The maximum atomic E-state index is 11.7. The van der Waals surface area contributed by atoms with Crippen LogP contribution in [0.1, 0.15) is 33.6 Å². The van der Waals surface area contributed by atoms with Crippen molar-refractivity contribution < 1.29 is 14.3 Å². The maximum Gasteiger partial charge on any atom is 0.407 e. The van der Waals surface area contributed by atoms with E-state index in [0.29, 0.717) is 5.25 Å². The zero-order chi connectivity index (χ0) is 15.0. The smallest absolute Gasteiger partial charge is 0.407 e. The Morgan fingerprint density at radius 1 is 1.50 bits per heavy atom. The molecule has 3 atom stereocenters. The van der Waals surface area contributed by atoms with E-state index in [9.17, 15) is 9.59 Å². The molecule has 0 aromatic heterocycles. The number of hydrogen-bond donors (Lipinski definition) is 2. The molecule has 20 heavy (non-hydrogen) atoms. The molecule has 2 aliphatic rings. The Bertz CT molecular complexity index is 436. The predicted octanol–water partition coefficient (Wildman–Crippen LogP) is 2.02. The van der Waals surface area contributed by atoms with E-state index in [0.717, 1.165) is 12.8 Å². The summed E-state index contributed by atoms with van der Waals surface area (Å²) in [5.41, 5.74) is 4.40. The first-order chi connectivity index (χ1) is 9.24. The summed E-state index contributed by atoms with van der Waals surface area (Å²) in [6, 6.07) is 0. The third-order valence-electron chi connectivity index (χ3n) is 3.74. The lowest BCUT2D eigenvalue weighted by atomic mass is 10.00. The molecule has 0 saturated heterocycles. The summed E-state index contributed by atoms with van der Waals surface area (Å²) in [6.07, 6.45) is 3.33. The summed E-state index contributed by atoms with van der Waals surface area (Å²) in [5.74, 6) is -0.0824. The lowest BCUT2D eigenvalue weighted by Gasteiger charge is -2.22. The summed E-state index contributed by atoms with van der Waals surface area (Å²) in [7, 11) is 0. The molecule has 0 aromatic carbocycles. The van der Waals surface area contributed by atoms with Crippen LogP contribution in [0, 0.1) is 11.3 Å². The number of primary amides is 1. The largest absolute Gasteiger partial charge is 0.444 e. The van der Waals surface area contributed by atoms with Crippen molar-refractivity contribution in [2.24, 2.45) is 17.1 Å². The first kappa shape index (κ1) is 15.2. The fourth-order valence-corrected chi connectivity index (χ4v) is 3.79. The van der Waals surface area contributed by atoms with Crippen LogP contribution >= 0.6 is 11.8 Å². The molecule has 0 radical (unpaired) electrons. The van der Waals surface area contributed by atoms with Crippen molar-refractivity contribution in [3.63, 3.8) is 0 Å². The lowest BCUT2D eigenvalue weighted by molar-refractivity contribution is -0.123. The molecule has 2 unspecified atom stereocenters. The number of ether oxygens (including phenoxy) is 1. The number of nitrogens with two attached hydrogens (primary N) is 1. The minimum absolute atomic E-state index is 0.245. The van der Waals surface area contributed by atoms with Crippen LogP contribution in [0.5, 0.6) is 0 Å². The van der Waals surface area contributed by atoms with Gasteiger partial charge in [0, 0.05) is 11.8 Å². The van der Waals surface area contributed by atoms with Gasteiger partial charge in [0.1, 0.15) is 5.60 Å². The summed E-state index contributed by atoms with van der Waals surface area (Å²) >= 11 is 1.74. The van der Waals surface area contributed by atoms with E-state index in [1.807, 2.05) is 0 Å². The summed E-state index contributed by atoms with van der Waals surface area (Å²) in [6.45, 7) is 5.67. The van der Waals surface area contributed by atoms with E-state index in [1.165, 1.54) is 0 Å². The summed E-state index contributed by atoms with van der Waals surface area (Å²) in [5, 5.41) is 5.16. The molecule has 5 nitrogen and oxygen atoms in total. The molecule has 1 heterocycles. The highest BCUT2D eigenvalue weighted by Crippen LogP contribution is 2.58. The number of hydrogen-bond acceptors (Lipinski definition) is 4. The molecule has 6 heteroatoms. The van der Waals surface area contributed by atoms with Gasteiger partial charge in [-0.3, -0.25) is 4.79 Å². The van der Waals surface area contributed by atoms with E-state index in [-0.39, 0.29) is 18.4 Å². The van der Waals surface area contributed by atoms with Crippen molar-refractivity contribution in [3.05, 3.63) is 11.5 Å². The molecule has 0 bridgehead atoms. The average molecular weight is 298 g/mol. The van der Waals surface area contributed by atoms with Crippen molar-refractivity contribution in [1.82, 2.24) is 5.32 Å². The topological polar surface area (TPSA) is 81.4 Å². The minimum Gasteiger partial charge on any atom is -0.444 e. The second kappa shape index (κ2) is 5.31. The first-order valence-corrected chi connectivity index (χ1v) is 7.76. The Kier molecular flexibility index (Phi) is 4.04. The van der Waals surface area contributed by atoms with Crippen LogP contribution < -0.4 is 11.1 Å². The van der Waals surface area contributed by atoms with Crippen LogP contribution in [0.2, 0.25) is 0 Å².